The lowest BCUT2D eigenvalue weighted by Gasteiger charge is -1.89. The Morgan fingerprint density at radius 2 is 2.64 bits per heavy atom. The summed E-state index contributed by atoms with van der Waals surface area (Å²) in [5.74, 6) is 5.74. The van der Waals surface area contributed by atoms with Crippen molar-refractivity contribution in [1.29, 1.82) is 0 Å². The molecule has 0 bridgehead atoms. The number of rotatable bonds is 3. The highest BCUT2D eigenvalue weighted by atomic mass is 32.2. The molecule has 0 saturated carbocycles. The van der Waals surface area contributed by atoms with Crippen molar-refractivity contribution in [1.82, 2.24) is 0 Å². The van der Waals surface area contributed by atoms with E-state index in [1.807, 2.05) is 0 Å². The summed E-state index contributed by atoms with van der Waals surface area (Å²) in [7, 11) is 0. The molecule has 1 atom stereocenters. The van der Waals surface area contributed by atoms with Crippen molar-refractivity contribution in [3.05, 3.63) is 0 Å². The zero-order valence-corrected chi connectivity index (χ0v) is 6.80. The van der Waals surface area contributed by atoms with Crippen molar-refractivity contribution in [2.24, 2.45) is 16.7 Å². The second-order valence-corrected chi connectivity index (χ2v) is 3.11. The number of ether oxygens (including phenoxy) is 1. The second kappa shape index (κ2) is 4.20. The van der Waals surface area contributed by atoms with Crippen LogP contribution in [0.3, 0.4) is 0 Å². The molecule has 1 heterocycles. The normalized spacial score (nSPS) is 24.4. The molecule has 11 heavy (non-hydrogen) atoms. The van der Waals surface area contributed by atoms with Crippen LogP contribution in [-0.2, 0) is 4.74 Å². The van der Waals surface area contributed by atoms with Crippen LogP contribution in [0.2, 0.25) is 0 Å². The van der Waals surface area contributed by atoms with Crippen molar-refractivity contribution >= 4 is 23.3 Å². The van der Waals surface area contributed by atoms with E-state index in [0.717, 1.165) is 12.4 Å². The summed E-state index contributed by atoms with van der Waals surface area (Å²) >= 11 is 1.50. The van der Waals surface area contributed by atoms with Crippen LogP contribution in [0.25, 0.3) is 0 Å². The monoisotopic (exact) mass is 175 g/mol. The molecule has 0 spiro atoms. The zero-order valence-electron chi connectivity index (χ0n) is 5.99. The van der Waals surface area contributed by atoms with Crippen LogP contribution >= 0.6 is 11.8 Å². The van der Waals surface area contributed by atoms with E-state index in [0.29, 0.717) is 11.3 Å². The fourth-order valence-electron chi connectivity index (χ4n) is 0.490. The van der Waals surface area contributed by atoms with E-state index in [1.165, 1.54) is 18.1 Å². The number of hydrogen-bond donors (Lipinski definition) is 3. The minimum Gasteiger partial charge on any atom is -0.372 e. The molecule has 1 aliphatic heterocycles. The average molecular weight is 175 g/mol. The second-order valence-electron chi connectivity index (χ2n) is 2.05. The van der Waals surface area contributed by atoms with Crippen LogP contribution < -0.4 is 16.6 Å². The molecule has 5 nitrogen and oxygen atoms in total. The summed E-state index contributed by atoms with van der Waals surface area (Å²) < 4.78 is 4.99. The predicted octanol–water partition coefficient (Wildman–Crippen LogP) is -2.58. The largest absolute Gasteiger partial charge is 0.372 e. The number of thioether (sulfide) groups is 1. The van der Waals surface area contributed by atoms with Gasteiger partial charge in [0.1, 0.15) is 0 Å². The first-order valence-corrected chi connectivity index (χ1v) is 4.16. The van der Waals surface area contributed by atoms with E-state index in [-0.39, 0.29) is 0 Å². The van der Waals surface area contributed by atoms with Gasteiger partial charge in [0.2, 0.25) is 6.34 Å². The third kappa shape index (κ3) is 3.84. The zero-order chi connectivity index (χ0) is 8.10. The van der Waals surface area contributed by atoms with Crippen LogP contribution in [0, 0.1) is 0 Å². The first-order valence-electron chi connectivity index (χ1n) is 3.18. The average Bonchev–Trinajstić information content (AvgIpc) is 2.80. The van der Waals surface area contributed by atoms with Gasteiger partial charge in [-0.25, -0.2) is 4.99 Å². The molecule has 1 rings (SSSR count). The van der Waals surface area contributed by atoms with Gasteiger partial charge in [-0.1, -0.05) is 11.8 Å². The number of nitrogens with two attached hydrogens (primary N) is 2. The summed E-state index contributed by atoms with van der Waals surface area (Å²) in [6.07, 6.45) is 1.73. The number of amidine groups is 1. The lowest BCUT2D eigenvalue weighted by atomic mass is 10.6. The van der Waals surface area contributed by atoms with Gasteiger partial charge >= 0.3 is 0 Å². The van der Waals surface area contributed by atoms with E-state index < -0.39 is 0 Å². The maximum Gasteiger partial charge on any atom is 0.252 e. The minimum absolute atomic E-state index is 0.384. The van der Waals surface area contributed by atoms with Crippen molar-refractivity contribution in [2.45, 2.75) is 6.10 Å². The molecular weight excluding hydrogens is 164 g/mol. The fourth-order valence-corrected chi connectivity index (χ4v) is 1.18. The van der Waals surface area contributed by atoms with E-state index in [1.54, 1.807) is 0 Å². The number of nitrogens with one attached hydrogen (secondary N) is 1. The first kappa shape index (κ1) is 8.35. The van der Waals surface area contributed by atoms with E-state index in [4.69, 9.17) is 16.3 Å². The lowest BCUT2D eigenvalue weighted by Crippen LogP contribution is -2.73. The molecule has 0 aliphatic carbocycles. The van der Waals surface area contributed by atoms with Gasteiger partial charge in [-0.05, 0) is 5.10 Å². The van der Waals surface area contributed by atoms with E-state index in [2.05, 4.69) is 10.1 Å². The molecule has 0 aromatic rings. The molecule has 1 saturated heterocycles. The molecule has 0 aromatic carbocycles. The number of hydrogen-bond acceptors (Lipinski definition) is 4. The van der Waals surface area contributed by atoms with Crippen molar-refractivity contribution in [2.75, 3.05) is 12.4 Å². The van der Waals surface area contributed by atoms with Crippen LogP contribution in [-0.4, -0.2) is 30.0 Å². The highest BCUT2D eigenvalue weighted by Gasteiger charge is 2.22. The third-order valence-corrected chi connectivity index (χ3v) is 2.08. The molecule has 0 amide bonds. The van der Waals surface area contributed by atoms with Gasteiger partial charge in [0.15, 0.2) is 0 Å². The molecule has 0 aromatic heterocycles. The molecule has 62 valence electrons. The number of hydrazone groups is 1. The number of nitrogens with zero attached hydrogens (tertiary/aromatic N) is 1. The summed E-state index contributed by atoms with van der Waals surface area (Å²) in [5.41, 5.74) is 5.50. The highest BCUT2D eigenvalue weighted by Crippen LogP contribution is 2.14. The van der Waals surface area contributed by atoms with Gasteiger partial charge < -0.3 is 10.5 Å². The molecule has 1 aliphatic rings. The maximum absolute atomic E-state index is 5.50. The quantitative estimate of drug-likeness (QED) is 0.144. The summed E-state index contributed by atoms with van der Waals surface area (Å²) in [4.78, 5) is 2.70. The van der Waals surface area contributed by atoms with Crippen LogP contribution in [0.1, 0.15) is 0 Å². The van der Waals surface area contributed by atoms with Crippen molar-refractivity contribution < 1.29 is 9.73 Å². The lowest BCUT2D eigenvalue weighted by molar-refractivity contribution is -0.301. The van der Waals surface area contributed by atoms with Gasteiger partial charge in [-0.15, -0.1) is 0 Å². The Bertz CT molecular complexity index is 177. The SMILES string of the molecule is N/N=C/[NH+]=C(N)SCC1CO1. The molecule has 1 fully saturated rings. The topological polar surface area (TPSA) is 90.9 Å². The fraction of sp³-hybridized carbons (Fsp3) is 0.600. The van der Waals surface area contributed by atoms with Crippen molar-refractivity contribution in [3.63, 3.8) is 0 Å². The number of epoxide rings is 1. The Morgan fingerprint density at radius 1 is 1.91 bits per heavy atom. The van der Waals surface area contributed by atoms with Gasteiger partial charge in [0.25, 0.3) is 5.17 Å². The summed E-state index contributed by atoms with van der Waals surface area (Å²) in [5, 5.41) is 3.83. The Hall–Kier alpha value is -0.750. The maximum atomic E-state index is 5.50. The van der Waals surface area contributed by atoms with E-state index in [9.17, 15) is 0 Å². The van der Waals surface area contributed by atoms with E-state index >= 15 is 0 Å². The van der Waals surface area contributed by atoms with Crippen LogP contribution in [0.15, 0.2) is 5.10 Å². The first-order chi connectivity index (χ1) is 5.33. The summed E-state index contributed by atoms with van der Waals surface area (Å²) in [6, 6.07) is 0. The van der Waals surface area contributed by atoms with Gasteiger partial charge in [0, 0.05) is 5.75 Å². The minimum atomic E-state index is 0.384. The standard InChI is InChI=1S/C5H10N4OS/c6-5(8-3-9-7)11-2-4-1-10-4/h3-4H,1-2,7H2,(H2,6,8,9)/p+1. The Morgan fingerprint density at radius 3 is 3.18 bits per heavy atom. The molecular formula is C5H11N4OS+. The molecule has 6 heteroatoms. The molecule has 5 N–H and O–H groups in total. The third-order valence-electron chi connectivity index (χ3n) is 1.11. The Balaban J connectivity index is 2.12. The summed E-state index contributed by atoms with van der Waals surface area (Å²) in [6.45, 7) is 0.852. The van der Waals surface area contributed by atoms with Crippen molar-refractivity contribution in [3.8, 4) is 0 Å². The predicted molar refractivity (Wildman–Crippen MR) is 45.0 cm³/mol. The van der Waals surface area contributed by atoms with Gasteiger partial charge in [-0.2, -0.15) is 0 Å². The van der Waals surface area contributed by atoms with Gasteiger partial charge in [0.05, 0.1) is 12.7 Å². The van der Waals surface area contributed by atoms with Crippen LogP contribution in [0.4, 0.5) is 0 Å². The smallest absolute Gasteiger partial charge is 0.252 e. The van der Waals surface area contributed by atoms with Crippen LogP contribution in [0.5, 0.6) is 0 Å². The highest BCUT2D eigenvalue weighted by molar-refractivity contribution is 8.13. The molecule has 0 radical (unpaired) electrons. The molecule has 1 unspecified atom stereocenters. The van der Waals surface area contributed by atoms with Gasteiger partial charge in [-0.3, -0.25) is 5.84 Å². The Kier molecular flexibility index (Phi) is 3.18. The Labute approximate surface area is 68.9 Å².